The van der Waals surface area contributed by atoms with Gasteiger partial charge in [0.1, 0.15) is 0 Å². The molecule has 3 aromatic rings. The Kier molecular flexibility index (Phi) is 7.02. The largest absolute Gasteiger partial charge is 0.377 e. The highest BCUT2D eigenvalue weighted by molar-refractivity contribution is 7.89. The molecule has 1 N–H and O–H groups in total. The van der Waals surface area contributed by atoms with Gasteiger partial charge in [0.2, 0.25) is 10.0 Å². The van der Waals surface area contributed by atoms with Crippen LogP contribution >= 0.6 is 0 Å². The van der Waals surface area contributed by atoms with Crippen molar-refractivity contribution in [2.45, 2.75) is 43.6 Å². The lowest BCUT2D eigenvalue weighted by molar-refractivity contribution is 0.0978. The highest BCUT2D eigenvalue weighted by Gasteiger charge is 2.30. The first kappa shape index (κ1) is 25.4. The molecule has 0 aliphatic carbocycles. The summed E-state index contributed by atoms with van der Waals surface area (Å²) in [7, 11) is -2.15. The Labute approximate surface area is 217 Å². The number of anilines is 2. The summed E-state index contributed by atoms with van der Waals surface area (Å²) in [5.41, 5.74) is 2.44. The SMILES string of the molecule is CCCCN1C(=O)c2cccc3c(NC(=O)c4ccc(S(=O)(=O)N(C)CC5CCCO5)cc4)ccc1c23. The van der Waals surface area contributed by atoms with Gasteiger partial charge in [0.25, 0.3) is 11.8 Å². The van der Waals surface area contributed by atoms with Gasteiger partial charge < -0.3 is 15.0 Å². The molecule has 1 unspecified atom stereocenters. The van der Waals surface area contributed by atoms with Gasteiger partial charge in [0.15, 0.2) is 0 Å². The summed E-state index contributed by atoms with van der Waals surface area (Å²) in [6.45, 7) is 3.71. The molecule has 0 spiro atoms. The number of unbranched alkanes of at least 4 members (excludes halogenated alkanes) is 1. The van der Waals surface area contributed by atoms with Gasteiger partial charge in [-0.05, 0) is 61.7 Å². The molecule has 37 heavy (non-hydrogen) atoms. The van der Waals surface area contributed by atoms with Gasteiger partial charge in [0, 0.05) is 54.3 Å². The Morgan fingerprint density at radius 2 is 1.92 bits per heavy atom. The third-order valence-corrected chi connectivity index (χ3v) is 8.92. The van der Waals surface area contributed by atoms with Crippen molar-refractivity contribution in [2.75, 3.05) is 37.0 Å². The molecule has 2 amide bonds. The number of amides is 2. The lowest BCUT2D eigenvalue weighted by Gasteiger charge is -2.20. The highest BCUT2D eigenvalue weighted by atomic mass is 32.2. The van der Waals surface area contributed by atoms with Gasteiger partial charge >= 0.3 is 0 Å². The molecule has 2 aliphatic heterocycles. The van der Waals surface area contributed by atoms with Crippen LogP contribution in [0, 0.1) is 0 Å². The van der Waals surface area contributed by atoms with Crippen molar-refractivity contribution < 1.29 is 22.7 Å². The number of hydrogen-bond acceptors (Lipinski definition) is 5. The fourth-order valence-corrected chi connectivity index (χ4v) is 6.22. The Balaban J connectivity index is 1.35. The summed E-state index contributed by atoms with van der Waals surface area (Å²) in [4.78, 5) is 28.0. The van der Waals surface area contributed by atoms with Gasteiger partial charge in [-0.3, -0.25) is 9.59 Å². The third kappa shape index (κ3) is 4.74. The second kappa shape index (κ2) is 10.2. The summed E-state index contributed by atoms with van der Waals surface area (Å²) in [5.74, 6) is -0.372. The molecule has 8 nitrogen and oxygen atoms in total. The van der Waals surface area contributed by atoms with Crippen LogP contribution in [0.4, 0.5) is 11.4 Å². The fraction of sp³-hybridized carbons (Fsp3) is 0.357. The maximum absolute atomic E-state index is 13.1. The van der Waals surface area contributed by atoms with Crippen LogP contribution in [0.3, 0.4) is 0 Å². The highest BCUT2D eigenvalue weighted by Crippen LogP contribution is 2.40. The molecule has 2 heterocycles. The van der Waals surface area contributed by atoms with Crippen LogP contribution in [0.5, 0.6) is 0 Å². The zero-order chi connectivity index (χ0) is 26.2. The average Bonchev–Trinajstić information content (AvgIpc) is 3.51. The van der Waals surface area contributed by atoms with E-state index in [1.54, 1.807) is 7.05 Å². The molecule has 194 valence electrons. The van der Waals surface area contributed by atoms with Crippen molar-refractivity contribution in [1.29, 1.82) is 0 Å². The molecule has 1 atom stereocenters. The van der Waals surface area contributed by atoms with E-state index in [0.717, 1.165) is 42.1 Å². The molecular weight excluding hydrogens is 490 g/mol. The van der Waals surface area contributed by atoms with Crippen molar-refractivity contribution in [3.05, 3.63) is 65.7 Å². The number of ether oxygens (including phenoxy) is 1. The van der Waals surface area contributed by atoms with E-state index in [9.17, 15) is 18.0 Å². The van der Waals surface area contributed by atoms with E-state index < -0.39 is 10.0 Å². The average molecular weight is 522 g/mol. The maximum Gasteiger partial charge on any atom is 0.258 e. The van der Waals surface area contributed by atoms with Gasteiger partial charge in [0.05, 0.1) is 16.7 Å². The van der Waals surface area contributed by atoms with Crippen molar-refractivity contribution in [2.24, 2.45) is 0 Å². The van der Waals surface area contributed by atoms with Crippen molar-refractivity contribution >= 4 is 44.0 Å². The van der Waals surface area contributed by atoms with Crippen molar-refractivity contribution in [3.8, 4) is 0 Å². The molecule has 3 aromatic carbocycles. The van der Waals surface area contributed by atoms with Gasteiger partial charge in [-0.25, -0.2) is 8.42 Å². The molecular formula is C28H31N3O5S. The van der Waals surface area contributed by atoms with E-state index in [1.165, 1.54) is 28.6 Å². The Morgan fingerprint density at radius 1 is 1.14 bits per heavy atom. The topological polar surface area (TPSA) is 96.0 Å². The van der Waals surface area contributed by atoms with E-state index in [-0.39, 0.29) is 22.8 Å². The zero-order valence-electron chi connectivity index (χ0n) is 21.1. The normalized spacial score (nSPS) is 17.2. The van der Waals surface area contributed by atoms with Crippen LogP contribution < -0.4 is 10.2 Å². The van der Waals surface area contributed by atoms with Gasteiger partial charge in [-0.15, -0.1) is 0 Å². The van der Waals surface area contributed by atoms with Crippen LogP contribution in [-0.4, -0.2) is 57.4 Å². The minimum atomic E-state index is -3.69. The molecule has 0 radical (unpaired) electrons. The Bertz CT molecular complexity index is 1450. The zero-order valence-corrected chi connectivity index (χ0v) is 21.9. The van der Waals surface area contributed by atoms with Gasteiger partial charge in [-0.1, -0.05) is 25.5 Å². The van der Waals surface area contributed by atoms with Crippen LogP contribution in [-0.2, 0) is 14.8 Å². The summed E-state index contributed by atoms with van der Waals surface area (Å²) in [6.07, 6.45) is 3.60. The van der Waals surface area contributed by atoms with Crippen LogP contribution in [0.1, 0.15) is 53.3 Å². The molecule has 0 bridgehead atoms. The van der Waals surface area contributed by atoms with E-state index in [1.807, 2.05) is 35.2 Å². The quantitative estimate of drug-likeness (QED) is 0.442. The predicted octanol–water partition coefficient (Wildman–Crippen LogP) is 4.65. The Morgan fingerprint density at radius 3 is 2.62 bits per heavy atom. The minimum Gasteiger partial charge on any atom is -0.377 e. The molecule has 1 saturated heterocycles. The second-order valence-corrected chi connectivity index (χ2v) is 11.6. The minimum absolute atomic E-state index is 0.0150. The molecule has 9 heteroatoms. The predicted molar refractivity (Wildman–Crippen MR) is 144 cm³/mol. The summed E-state index contributed by atoms with van der Waals surface area (Å²) in [6, 6.07) is 15.2. The van der Waals surface area contributed by atoms with Crippen LogP contribution in [0.25, 0.3) is 10.8 Å². The molecule has 5 rings (SSSR count). The lowest BCUT2D eigenvalue weighted by atomic mass is 10.0. The first-order valence-corrected chi connectivity index (χ1v) is 14.1. The molecule has 1 fully saturated rings. The Hall–Kier alpha value is -3.27. The lowest BCUT2D eigenvalue weighted by Crippen LogP contribution is -2.34. The number of hydrogen-bond donors (Lipinski definition) is 1. The van der Waals surface area contributed by atoms with Crippen LogP contribution in [0.2, 0.25) is 0 Å². The smallest absolute Gasteiger partial charge is 0.258 e. The van der Waals surface area contributed by atoms with Crippen LogP contribution in [0.15, 0.2) is 59.5 Å². The monoisotopic (exact) mass is 521 g/mol. The summed E-state index contributed by atoms with van der Waals surface area (Å²) < 4.78 is 32.8. The van der Waals surface area contributed by atoms with Crippen molar-refractivity contribution in [3.63, 3.8) is 0 Å². The first-order chi connectivity index (χ1) is 17.8. The number of sulfonamides is 1. The van der Waals surface area contributed by atoms with Crippen molar-refractivity contribution in [1.82, 2.24) is 4.31 Å². The van der Waals surface area contributed by atoms with E-state index in [4.69, 9.17) is 4.74 Å². The van der Waals surface area contributed by atoms with E-state index >= 15 is 0 Å². The number of likely N-dealkylation sites (N-methyl/N-ethyl adjacent to an activating group) is 1. The number of nitrogens with one attached hydrogen (secondary N) is 1. The number of rotatable bonds is 9. The number of carbonyl (C=O) groups excluding carboxylic acids is 2. The maximum atomic E-state index is 13.1. The number of carbonyl (C=O) groups is 2. The summed E-state index contributed by atoms with van der Waals surface area (Å²) >= 11 is 0. The summed E-state index contributed by atoms with van der Waals surface area (Å²) in [5, 5.41) is 4.58. The first-order valence-electron chi connectivity index (χ1n) is 12.7. The van der Waals surface area contributed by atoms with Gasteiger partial charge in [-0.2, -0.15) is 4.31 Å². The van der Waals surface area contributed by atoms with E-state index in [2.05, 4.69) is 12.2 Å². The third-order valence-electron chi connectivity index (χ3n) is 7.08. The molecule has 0 saturated carbocycles. The fourth-order valence-electron chi connectivity index (χ4n) is 5.02. The standard InChI is InChI=1S/C28H31N3O5S/c1-3-4-16-31-25-15-14-24(22-8-5-9-23(26(22)25)28(31)33)29-27(32)19-10-12-21(13-11-19)37(34,35)30(2)18-20-7-6-17-36-20/h5,8-15,20H,3-4,6-7,16-18H2,1-2H3,(H,29,32). The van der Waals surface area contributed by atoms with E-state index in [0.29, 0.717) is 36.5 Å². The molecule has 2 aliphatic rings. The second-order valence-electron chi connectivity index (χ2n) is 9.57. The molecule has 0 aromatic heterocycles. The number of nitrogens with zero attached hydrogens (tertiary/aromatic N) is 2. The number of benzene rings is 3.